The lowest BCUT2D eigenvalue weighted by Crippen LogP contribution is -2.44. The molecule has 0 amide bonds. The van der Waals surface area contributed by atoms with Gasteiger partial charge in [0.1, 0.15) is 13.2 Å². The molecule has 4 aliphatic carbocycles. The second-order valence-corrected chi connectivity index (χ2v) is 11.0. The Hall–Kier alpha value is -0.710. The number of nitrogens with zero attached hydrogens (tertiary/aromatic N) is 2. The van der Waals surface area contributed by atoms with Crippen LogP contribution >= 0.6 is 11.8 Å². The molecule has 0 N–H and O–H groups in total. The van der Waals surface area contributed by atoms with Crippen molar-refractivity contribution < 1.29 is 9.47 Å². The summed E-state index contributed by atoms with van der Waals surface area (Å²) >= 11 is 2.36. The maximum absolute atomic E-state index is 5.97. The summed E-state index contributed by atoms with van der Waals surface area (Å²) in [5.74, 6) is 5.14. The molecule has 4 fully saturated rings. The molecular formula is C20H28N2O2S. The normalized spacial score (nSPS) is 50.1. The van der Waals surface area contributed by atoms with E-state index in [1.807, 2.05) is 0 Å². The van der Waals surface area contributed by atoms with Crippen LogP contribution in [-0.2, 0) is 9.47 Å². The lowest BCUT2D eigenvalue weighted by atomic mass is 9.87. The van der Waals surface area contributed by atoms with E-state index in [9.17, 15) is 0 Å². The van der Waals surface area contributed by atoms with Crippen molar-refractivity contribution in [3.8, 4) is 0 Å². The molecule has 4 nitrogen and oxygen atoms in total. The summed E-state index contributed by atoms with van der Waals surface area (Å²) in [5.41, 5.74) is 0. The van der Waals surface area contributed by atoms with E-state index in [-0.39, 0.29) is 0 Å². The molecule has 4 bridgehead atoms. The van der Waals surface area contributed by atoms with Gasteiger partial charge < -0.3 is 9.47 Å². The Kier molecular flexibility index (Phi) is 3.32. The minimum absolute atomic E-state index is 0.379. The van der Waals surface area contributed by atoms with Gasteiger partial charge in [-0.1, -0.05) is 0 Å². The lowest BCUT2D eigenvalue weighted by molar-refractivity contribution is 0.293. The van der Waals surface area contributed by atoms with Crippen LogP contribution in [0.3, 0.4) is 0 Å². The average molecular weight is 361 g/mol. The zero-order valence-electron chi connectivity index (χ0n) is 14.9. The van der Waals surface area contributed by atoms with Gasteiger partial charge >= 0.3 is 0 Å². The van der Waals surface area contributed by atoms with Crippen LogP contribution < -0.4 is 0 Å². The van der Waals surface area contributed by atoms with Crippen molar-refractivity contribution in [1.82, 2.24) is 0 Å². The molecule has 5 heteroatoms. The van der Waals surface area contributed by atoms with Crippen LogP contribution in [0.2, 0.25) is 0 Å². The van der Waals surface area contributed by atoms with Crippen LogP contribution in [0.25, 0.3) is 0 Å². The zero-order chi connectivity index (χ0) is 16.5. The molecule has 0 aromatic carbocycles. The summed E-state index contributed by atoms with van der Waals surface area (Å²) in [4.78, 5) is 9.49. The van der Waals surface area contributed by atoms with E-state index in [1.165, 1.54) is 51.4 Å². The first-order valence-electron chi connectivity index (χ1n) is 10.3. The topological polar surface area (TPSA) is 43.2 Å². The van der Waals surface area contributed by atoms with Gasteiger partial charge in [0, 0.05) is 21.3 Å². The maximum Gasteiger partial charge on any atom is 0.188 e. The Morgan fingerprint density at radius 2 is 1.32 bits per heavy atom. The average Bonchev–Trinajstić information content (AvgIpc) is 3.43. The molecule has 25 heavy (non-hydrogen) atoms. The first-order chi connectivity index (χ1) is 12.3. The third-order valence-corrected chi connectivity index (χ3v) is 9.97. The van der Waals surface area contributed by atoms with E-state index < -0.39 is 0 Å². The molecular weight excluding hydrogens is 332 g/mol. The molecule has 6 rings (SSSR count). The number of ether oxygens (including phenoxy) is 2. The summed E-state index contributed by atoms with van der Waals surface area (Å²) in [5, 5.41) is 0. The smallest absolute Gasteiger partial charge is 0.188 e. The molecule has 0 radical (unpaired) electrons. The van der Waals surface area contributed by atoms with Crippen molar-refractivity contribution in [2.24, 2.45) is 33.7 Å². The van der Waals surface area contributed by atoms with Crippen molar-refractivity contribution in [3.63, 3.8) is 0 Å². The fraction of sp³-hybridized carbons (Fsp3) is 0.900. The van der Waals surface area contributed by atoms with E-state index in [2.05, 4.69) is 11.8 Å². The lowest BCUT2D eigenvalue weighted by Gasteiger charge is -2.44. The predicted molar refractivity (Wildman–Crippen MR) is 100 cm³/mol. The van der Waals surface area contributed by atoms with Crippen LogP contribution in [0.4, 0.5) is 0 Å². The van der Waals surface area contributed by atoms with E-state index in [0.717, 1.165) is 49.9 Å². The van der Waals surface area contributed by atoms with Crippen molar-refractivity contribution in [2.75, 3.05) is 26.3 Å². The zero-order valence-corrected chi connectivity index (χ0v) is 15.7. The second kappa shape index (κ2) is 5.40. The van der Waals surface area contributed by atoms with Gasteiger partial charge in [-0.05, 0) is 63.2 Å². The first kappa shape index (κ1) is 15.4. The highest BCUT2D eigenvalue weighted by molar-refractivity contribution is 8.02. The van der Waals surface area contributed by atoms with Gasteiger partial charge in [0.2, 0.25) is 0 Å². The summed E-state index contributed by atoms with van der Waals surface area (Å²) in [6.07, 6.45) is 11.0. The van der Waals surface area contributed by atoms with Gasteiger partial charge in [0.15, 0.2) is 11.8 Å². The molecule has 0 aromatic heterocycles. The van der Waals surface area contributed by atoms with E-state index in [4.69, 9.17) is 19.5 Å². The summed E-state index contributed by atoms with van der Waals surface area (Å²) < 4.78 is 12.7. The molecule has 0 aromatic rings. The number of hydrogen-bond donors (Lipinski definition) is 0. The van der Waals surface area contributed by atoms with E-state index >= 15 is 0 Å². The van der Waals surface area contributed by atoms with E-state index in [1.54, 1.807) is 0 Å². The Bertz CT molecular complexity index is 596. The van der Waals surface area contributed by atoms with Crippen LogP contribution in [0.1, 0.15) is 51.4 Å². The molecule has 6 aliphatic rings. The molecule has 6 atom stereocenters. The minimum atomic E-state index is 0.379. The number of fused-ring (bicyclic) bond motifs is 4. The predicted octanol–water partition coefficient (Wildman–Crippen LogP) is 3.69. The van der Waals surface area contributed by atoms with Gasteiger partial charge in [-0.15, -0.1) is 11.8 Å². The van der Waals surface area contributed by atoms with E-state index in [0.29, 0.717) is 21.3 Å². The Labute approximate surface area is 154 Å². The second-order valence-electron chi connectivity index (χ2n) is 9.16. The Morgan fingerprint density at radius 3 is 1.72 bits per heavy atom. The van der Waals surface area contributed by atoms with Gasteiger partial charge in [0.05, 0.1) is 13.1 Å². The molecule has 6 unspecified atom stereocenters. The largest absolute Gasteiger partial charge is 0.479 e. The molecule has 136 valence electrons. The standard InChI is InChI=1S/C20H28N2O2S/c1-3-19(11-13(1)9-15(19)17-21-5-7-23-17)25-20-4-2-14(12-20)10-16(20)18-22-6-8-24-18/h13-16H,1-12H2. The van der Waals surface area contributed by atoms with Crippen LogP contribution in [0.5, 0.6) is 0 Å². The summed E-state index contributed by atoms with van der Waals surface area (Å²) in [6, 6.07) is 0. The third kappa shape index (κ3) is 2.20. The van der Waals surface area contributed by atoms with Crippen molar-refractivity contribution in [2.45, 2.75) is 60.9 Å². The van der Waals surface area contributed by atoms with Gasteiger partial charge in [-0.25, -0.2) is 0 Å². The third-order valence-electron chi connectivity index (χ3n) is 7.85. The number of aliphatic imine (C=N–C) groups is 2. The number of rotatable bonds is 4. The Balaban J connectivity index is 1.33. The highest BCUT2D eigenvalue weighted by Crippen LogP contribution is 2.69. The van der Waals surface area contributed by atoms with Gasteiger partial charge in [-0.2, -0.15) is 0 Å². The van der Waals surface area contributed by atoms with Crippen LogP contribution in [0.15, 0.2) is 9.98 Å². The van der Waals surface area contributed by atoms with Gasteiger partial charge in [-0.3, -0.25) is 9.98 Å². The molecule has 0 saturated heterocycles. The molecule has 2 aliphatic heterocycles. The van der Waals surface area contributed by atoms with Gasteiger partial charge in [0.25, 0.3) is 0 Å². The highest BCUT2D eigenvalue weighted by atomic mass is 32.2. The SMILES string of the molecule is C1COC(C2CC3CCC2(SC24CCC(CC2C2=NCCO2)C4)C3)=N1. The summed E-state index contributed by atoms with van der Waals surface area (Å²) in [7, 11) is 0. The minimum Gasteiger partial charge on any atom is -0.479 e. The molecule has 0 spiro atoms. The molecule has 2 heterocycles. The van der Waals surface area contributed by atoms with Crippen LogP contribution in [0, 0.1) is 23.7 Å². The Morgan fingerprint density at radius 1 is 0.800 bits per heavy atom. The molecule has 4 saturated carbocycles. The quantitative estimate of drug-likeness (QED) is 0.768. The monoisotopic (exact) mass is 360 g/mol. The van der Waals surface area contributed by atoms with Crippen LogP contribution in [-0.4, -0.2) is 47.6 Å². The maximum atomic E-state index is 5.97. The highest BCUT2D eigenvalue weighted by Gasteiger charge is 2.63. The number of hydrogen-bond acceptors (Lipinski definition) is 5. The summed E-state index contributed by atoms with van der Waals surface area (Å²) in [6.45, 7) is 3.35. The fourth-order valence-corrected chi connectivity index (χ4v) is 9.49. The first-order valence-corrected chi connectivity index (χ1v) is 11.1. The fourth-order valence-electron chi connectivity index (χ4n) is 6.92. The number of thioether (sulfide) groups is 1. The van der Waals surface area contributed by atoms with Crippen molar-refractivity contribution in [1.29, 1.82) is 0 Å². The van der Waals surface area contributed by atoms with Crippen molar-refractivity contribution >= 4 is 23.6 Å². The van der Waals surface area contributed by atoms with Crippen molar-refractivity contribution in [3.05, 3.63) is 0 Å².